The van der Waals surface area contributed by atoms with Gasteiger partial charge in [0.1, 0.15) is 17.1 Å². The molecular weight excluding hydrogens is 328 g/mol. The van der Waals surface area contributed by atoms with Gasteiger partial charge < -0.3 is 15.6 Å². The van der Waals surface area contributed by atoms with E-state index in [4.69, 9.17) is 25.8 Å². The number of nitrogens with zero attached hydrogens (tertiary/aromatic N) is 1. The van der Waals surface area contributed by atoms with Crippen LogP contribution in [0, 0.1) is 5.41 Å². The Morgan fingerprint density at radius 1 is 1.48 bits per heavy atom. The lowest BCUT2D eigenvalue weighted by Crippen LogP contribution is -2.27. The molecule has 0 bridgehead atoms. The molecular formula is C16H22N4O5. The molecule has 0 radical (unpaired) electrons. The number of amidine groups is 1. The van der Waals surface area contributed by atoms with Gasteiger partial charge in [0.15, 0.2) is 0 Å². The van der Waals surface area contributed by atoms with Crippen LogP contribution in [-0.4, -0.2) is 39.6 Å². The number of carbonyl (C=O) groups excluding carboxylic acids is 1. The Morgan fingerprint density at radius 3 is 2.72 bits per heavy atom. The van der Waals surface area contributed by atoms with Crippen molar-refractivity contribution in [2.75, 3.05) is 0 Å². The predicted octanol–water partition coefficient (Wildman–Crippen LogP) is 1.13. The van der Waals surface area contributed by atoms with Crippen molar-refractivity contribution < 1.29 is 24.3 Å². The highest BCUT2D eigenvalue weighted by Crippen LogP contribution is 2.27. The number of aliphatic carboxylic acids is 1. The lowest BCUT2D eigenvalue weighted by Gasteiger charge is -2.20. The maximum Gasteiger partial charge on any atom is 0.341 e. The lowest BCUT2D eigenvalue weighted by molar-refractivity contribution is -0.140. The summed E-state index contributed by atoms with van der Waals surface area (Å²) in [5, 5.41) is 16.5. The standard InChI is InChI=1S/C16H22N4O5/c1-16(2,3)24-15(23)9-4-5-10(19-13(9)14(17)18)11-6-8(25-20-11)7-12(21)22/h4-5,8,11,20H,6-7H2,1-3H3,(H3,17,18)(H,21,22). The van der Waals surface area contributed by atoms with Gasteiger partial charge in [-0.15, -0.1) is 0 Å². The minimum atomic E-state index is -0.954. The number of carboxylic acid groups (broad SMARTS) is 1. The third-order valence-electron chi connectivity index (χ3n) is 3.43. The summed E-state index contributed by atoms with van der Waals surface area (Å²) in [6.45, 7) is 5.22. The molecule has 0 spiro atoms. The van der Waals surface area contributed by atoms with Crippen molar-refractivity contribution in [3.63, 3.8) is 0 Å². The summed E-state index contributed by atoms with van der Waals surface area (Å²) in [6, 6.07) is 2.75. The van der Waals surface area contributed by atoms with E-state index in [1.807, 2.05) is 0 Å². The van der Waals surface area contributed by atoms with Crippen molar-refractivity contribution in [1.82, 2.24) is 10.5 Å². The van der Waals surface area contributed by atoms with E-state index in [0.717, 1.165) is 0 Å². The number of pyridine rings is 1. The first-order valence-electron chi connectivity index (χ1n) is 7.78. The number of aromatic nitrogens is 1. The Bertz CT molecular complexity index is 698. The van der Waals surface area contributed by atoms with Crippen LogP contribution in [0.15, 0.2) is 12.1 Å². The fourth-order valence-corrected chi connectivity index (χ4v) is 2.41. The van der Waals surface area contributed by atoms with Crippen LogP contribution < -0.4 is 11.2 Å². The molecule has 1 aliphatic heterocycles. The van der Waals surface area contributed by atoms with Crippen molar-refractivity contribution in [2.24, 2.45) is 5.73 Å². The highest BCUT2D eigenvalue weighted by molar-refractivity contribution is 6.04. The number of carboxylic acids is 1. The highest BCUT2D eigenvalue weighted by Gasteiger charge is 2.30. The monoisotopic (exact) mass is 350 g/mol. The van der Waals surface area contributed by atoms with Crippen LogP contribution in [0.5, 0.6) is 0 Å². The Hall–Kier alpha value is -2.52. The van der Waals surface area contributed by atoms with E-state index in [-0.39, 0.29) is 29.6 Å². The van der Waals surface area contributed by atoms with Crippen LogP contribution in [0.25, 0.3) is 0 Å². The van der Waals surface area contributed by atoms with Gasteiger partial charge in [-0.3, -0.25) is 15.0 Å². The lowest BCUT2D eigenvalue weighted by atomic mass is 10.0. The van der Waals surface area contributed by atoms with E-state index in [1.54, 1.807) is 26.8 Å². The van der Waals surface area contributed by atoms with E-state index in [0.29, 0.717) is 12.1 Å². The molecule has 0 saturated carbocycles. The second-order valence-electron chi connectivity index (χ2n) is 6.79. The van der Waals surface area contributed by atoms with Gasteiger partial charge in [-0.1, -0.05) is 0 Å². The molecule has 1 fully saturated rings. The van der Waals surface area contributed by atoms with Crippen molar-refractivity contribution in [2.45, 2.75) is 51.4 Å². The molecule has 2 unspecified atom stereocenters. The van der Waals surface area contributed by atoms with E-state index in [1.165, 1.54) is 6.07 Å². The maximum absolute atomic E-state index is 12.3. The Morgan fingerprint density at radius 2 is 2.16 bits per heavy atom. The number of esters is 1. The molecule has 1 aromatic heterocycles. The van der Waals surface area contributed by atoms with E-state index in [2.05, 4.69) is 10.5 Å². The van der Waals surface area contributed by atoms with E-state index >= 15 is 0 Å². The molecule has 9 heteroatoms. The Balaban J connectivity index is 2.23. The molecule has 2 heterocycles. The van der Waals surface area contributed by atoms with Gasteiger partial charge in [-0.25, -0.2) is 9.78 Å². The average molecular weight is 350 g/mol. The third-order valence-corrected chi connectivity index (χ3v) is 3.43. The summed E-state index contributed by atoms with van der Waals surface area (Å²) in [6.07, 6.45) is -0.197. The molecule has 1 aliphatic rings. The Kier molecular flexibility index (Phi) is 5.39. The zero-order valence-corrected chi connectivity index (χ0v) is 14.3. The van der Waals surface area contributed by atoms with Crippen molar-refractivity contribution in [3.05, 3.63) is 29.1 Å². The second-order valence-corrected chi connectivity index (χ2v) is 6.79. The second kappa shape index (κ2) is 7.16. The molecule has 0 amide bonds. The van der Waals surface area contributed by atoms with Gasteiger partial charge in [0.05, 0.1) is 29.8 Å². The largest absolute Gasteiger partial charge is 0.481 e. The number of nitrogens with one attached hydrogen (secondary N) is 2. The number of nitrogen functional groups attached to an aromatic ring is 1. The minimum Gasteiger partial charge on any atom is -0.481 e. The first-order chi connectivity index (χ1) is 11.6. The topological polar surface area (TPSA) is 148 Å². The van der Waals surface area contributed by atoms with Crippen molar-refractivity contribution in [3.8, 4) is 0 Å². The maximum atomic E-state index is 12.3. The number of carbonyl (C=O) groups is 2. The van der Waals surface area contributed by atoms with Crippen molar-refractivity contribution >= 4 is 17.8 Å². The van der Waals surface area contributed by atoms with Gasteiger partial charge >= 0.3 is 11.9 Å². The zero-order valence-electron chi connectivity index (χ0n) is 14.3. The number of ether oxygens (including phenoxy) is 1. The summed E-state index contributed by atoms with van der Waals surface area (Å²) in [5.41, 5.74) is 8.24. The van der Waals surface area contributed by atoms with Crippen LogP contribution in [-0.2, 0) is 14.4 Å². The van der Waals surface area contributed by atoms with Gasteiger partial charge in [-0.05, 0) is 39.3 Å². The van der Waals surface area contributed by atoms with E-state index < -0.39 is 23.6 Å². The number of nitrogens with two attached hydrogens (primary N) is 1. The van der Waals surface area contributed by atoms with Gasteiger partial charge in [0, 0.05) is 0 Å². The molecule has 0 aromatic carbocycles. The van der Waals surface area contributed by atoms with Gasteiger partial charge in [0.25, 0.3) is 0 Å². The molecule has 2 atom stereocenters. The molecule has 0 aliphatic carbocycles. The average Bonchev–Trinajstić information content (AvgIpc) is 2.92. The van der Waals surface area contributed by atoms with Crippen LogP contribution in [0.2, 0.25) is 0 Å². The molecule has 1 saturated heterocycles. The molecule has 2 rings (SSSR count). The predicted molar refractivity (Wildman–Crippen MR) is 88.0 cm³/mol. The molecule has 5 N–H and O–H groups in total. The van der Waals surface area contributed by atoms with Gasteiger partial charge in [0.2, 0.25) is 0 Å². The summed E-state index contributed by atoms with van der Waals surface area (Å²) < 4.78 is 5.30. The fraction of sp³-hybridized carbons (Fsp3) is 0.500. The molecule has 136 valence electrons. The number of hydroxylamine groups is 1. The van der Waals surface area contributed by atoms with Gasteiger partial charge in [-0.2, -0.15) is 5.48 Å². The number of rotatable bonds is 5. The smallest absolute Gasteiger partial charge is 0.341 e. The highest BCUT2D eigenvalue weighted by atomic mass is 16.7. The quantitative estimate of drug-likeness (QED) is 0.351. The third kappa shape index (κ3) is 4.97. The van der Waals surface area contributed by atoms with Crippen LogP contribution >= 0.6 is 0 Å². The van der Waals surface area contributed by atoms with Crippen LogP contribution in [0.4, 0.5) is 0 Å². The summed E-state index contributed by atoms with van der Waals surface area (Å²) >= 11 is 0. The SMILES string of the molecule is CC(C)(C)OC(=O)c1ccc(C2CC(CC(=O)O)ON2)nc1C(=N)N. The van der Waals surface area contributed by atoms with Crippen molar-refractivity contribution in [1.29, 1.82) is 5.41 Å². The molecule has 25 heavy (non-hydrogen) atoms. The normalized spacial score (nSPS) is 20.3. The Labute approximate surface area is 145 Å². The summed E-state index contributed by atoms with van der Waals surface area (Å²) in [5.74, 6) is -1.93. The van der Waals surface area contributed by atoms with E-state index in [9.17, 15) is 9.59 Å². The minimum absolute atomic E-state index is 0.0234. The first-order valence-corrected chi connectivity index (χ1v) is 7.78. The fourth-order valence-electron chi connectivity index (χ4n) is 2.41. The number of hydrogen-bond acceptors (Lipinski definition) is 7. The van der Waals surface area contributed by atoms with Crippen LogP contribution in [0.3, 0.4) is 0 Å². The van der Waals surface area contributed by atoms with Crippen LogP contribution in [0.1, 0.15) is 61.4 Å². The molecule has 9 nitrogen and oxygen atoms in total. The first kappa shape index (κ1) is 18.8. The number of hydrogen-bond donors (Lipinski definition) is 4. The summed E-state index contributed by atoms with van der Waals surface area (Å²) in [7, 11) is 0. The summed E-state index contributed by atoms with van der Waals surface area (Å²) in [4.78, 5) is 32.5. The zero-order chi connectivity index (χ0) is 18.8. The molecule has 1 aromatic rings.